The molecule has 1 nitrogen and oxygen atoms in total. The highest BCUT2D eigenvalue weighted by Crippen LogP contribution is 2.41. The van der Waals surface area contributed by atoms with E-state index in [0.29, 0.717) is 0 Å². The minimum atomic E-state index is 1.25. The van der Waals surface area contributed by atoms with E-state index in [9.17, 15) is 0 Å². The van der Waals surface area contributed by atoms with Crippen LogP contribution in [0.5, 0.6) is 0 Å². The summed E-state index contributed by atoms with van der Waals surface area (Å²) in [5.74, 6) is 0. The van der Waals surface area contributed by atoms with Crippen LogP contribution in [0.3, 0.4) is 0 Å². The van der Waals surface area contributed by atoms with Crippen LogP contribution in [-0.4, -0.2) is 4.40 Å². The van der Waals surface area contributed by atoms with Gasteiger partial charge in [-0.3, -0.25) is 0 Å². The van der Waals surface area contributed by atoms with Crippen LogP contribution in [0.4, 0.5) is 0 Å². The molecule has 0 N–H and O–H groups in total. The van der Waals surface area contributed by atoms with Crippen molar-refractivity contribution in [3.8, 4) is 22.3 Å². The van der Waals surface area contributed by atoms with Gasteiger partial charge < -0.3 is 4.40 Å². The lowest BCUT2D eigenvalue weighted by Crippen LogP contribution is -1.83. The third kappa shape index (κ3) is 2.39. The summed E-state index contributed by atoms with van der Waals surface area (Å²) >= 11 is 0. The lowest BCUT2D eigenvalue weighted by Gasteiger charge is -2.07. The Morgan fingerprint density at radius 1 is 0.438 bits per heavy atom. The Morgan fingerprint density at radius 2 is 1.06 bits per heavy atom. The third-order valence-electron chi connectivity index (χ3n) is 6.74. The molecule has 0 radical (unpaired) electrons. The van der Waals surface area contributed by atoms with Gasteiger partial charge in [0, 0.05) is 21.5 Å². The molecule has 32 heavy (non-hydrogen) atoms. The predicted molar refractivity (Wildman–Crippen MR) is 137 cm³/mol. The number of hydrogen-bond donors (Lipinski definition) is 0. The first kappa shape index (κ1) is 17.6. The molecule has 0 saturated heterocycles. The highest BCUT2D eigenvalue weighted by molar-refractivity contribution is 6.23. The largest absolute Gasteiger partial charge is 0.308 e. The van der Waals surface area contributed by atoms with Crippen LogP contribution in [0.1, 0.15) is 5.56 Å². The molecule has 5 aromatic carbocycles. The lowest BCUT2D eigenvalue weighted by atomic mass is 9.97. The van der Waals surface area contributed by atoms with Crippen molar-refractivity contribution >= 4 is 38.1 Å². The molecule has 0 atom stereocenters. The molecule has 150 valence electrons. The Hall–Kier alpha value is -4.10. The van der Waals surface area contributed by atoms with Gasteiger partial charge >= 0.3 is 0 Å². The van der Waals surface area contributed by atoms with Crippen molar-refractivity contribution in [2.75, 3.05) is 0 Å². The van der Waals surface area contributed by atoms with Crippen molar-refractivity contribution in [1.82, 2.24) is 4.40 Å². The van der Waals surface area contributed by atoms with Crippen LogP contribution < -0.4 is 0 Å². The van der Waals surface area contributed by atoms with Gasteiger partial charge in [-0.05, 0) is 71.1 Å². The maximum atomic E-state index is 2.44. The number of aromatic nitrogens is 1. The summed E-state index contributed by atoms with van der Waals surface area (Å²) < 4.78 is 2.44. The SMILES string of the molecule is Cc1cc2c3ccccc3n3c4ccc(-c5cccc(-c6ccccc6)c5)cc4c(c1)c23. The van der Waals surface area contributed by atoms with E-state index in [4.69, 9.17) is 0 Å². The second kappa shape index (κ2) is 6.45. The number of aryl methyl sites for hydroxylation is 1. The van der Waals surface area contributed by atoms with Crippen LogP contribution in [-0.2, 0) is 0 Å². The second-order valence-corrected chi connectivity index (χ2v) is 8.74. The summed E-state index contributed by atoms with van der Waals surface area (Å²) in [6.45, 7) is 2.20. The zero-order valence-corrected chi connectivity index (χ0v) is 17.8. The smallest absolute Gasteiger partial charge is 0.0620 e. The third-order valence-corrected chi connectivity index (χ3v) is 6.74. The zero-order chi connectivity index (χ0) is 21.2. The Balaban J connectivity index is 1.51. The van der Waals surface area contributed by atoms with Crippen molar-refractivity contribution in [1.29, 1.82) is 0 Å². The fourth-order valence-corrected chi connectivity index (χ4v) is 5.33. The average molecular weight is 408 g/mol. The van der Waals surface area contributed by atoms with Gasteiger partial charge in [0.2, 0.25) is 0 Å². The molecule has 2 aromatic heterocycles. The Morgan fingerprint density at radius 3 is 1.91 bits per heavy atom. The van der Waals surface area contributed by atoms with Crippen molar-refractivity contribution in [3.05, 3.63) is 115 Å². The summed E-state index contributed by atoms with van der Waals surface area (Å²) in [4.78, 5) is 0. The normalized spacial score (nSPS) is 11.9. The Bertz CT molecular complexity index is 1770. The fraction of sp³-hybridized carbons (Fsp3) is 0.0323. The molecule has 1 heteroatoms. The number of nitrogens with zero attached hydrogens (tertiary/aromatic N) is 1. The average Bonchev–Trinajstić information content (AvgIpc) is 3.35. The molecule has 0 saturated carbocycles. The predicted octanol–water partition coefficient (Wildman–Crippen LogP) is 8.48. The van der Waals surface area contributed by atoms with Gasteiger partial charge in [0.15, 0.2) is 0 Å². The first-order valence-electron chi connectivity index (χ1n) is 11.1. The first-order chi connectivity index (χ1) is 15.8. The van der Waals surface area contributed by atoms with E-state index in [-0.39, 0.29) is 0 Å². The molecule has 0 bridgehead atoms. The van der Waals surface area contributed by atoms with E-state index in [2.05, 4.69) is 121 Å². The number of rotatable bonds is 2. The number of hydrogen-bond acceptors (Lipinski definition) is 0. The molecule has 0 fully saturated rings. The maximum absolute atomic E-state index is 2.44. The van der Waals surface area contributed by atoms with Gasteiger partial charge in [-0.1, -0.05) is 72.8 Å². The molecule has 0 amide bonds. The van der Waals surface area contributed by atoms with Crippen molar-refractivity contribution in [2.45, 2.75) is 6.92 Å². The van der Waals surface area contributed by atoms with Gasteiger partial charge in [0.05, 0.1) is 16.6 Å². The molecule has 7 rings (SSSR count). The summed E-state index contributed by atoms with van der Waals surface area (Å²) in [6.07, 6.45) is 0. The standard InChI is InChI=1S/C31H21N/c1-20-16-27-25-12-5-6-13-29(25)32-30-15-14-24(19-26(30)28(17-20)31(27)32)23-11-7-10-22(18-23)21-8-3-2-4-9-21/h2-19H,1H3. The summed E-state index contributed by atoms with van der Waals surface area (Å²) in [6, 6.07) is 39.8. The molecule has 0 unspecified atom stereocenters. The monoisotopic (exact) mass is 407 g/mol. The molecule has 2 heterocycles. The highest BCUT2D eigenvalue weighted by atomic mass is 14.9. The van der Waals surface area contributed by atoms with E-state index >= 15 is 0 Å². The molecular weight excluding hydrogens is 386 g/mol. The van der Waals surface area contributed by atoms with Crippen molar-refractivity contribution in [3.63, 3.8) is 0 Å². The quantitative estimate of drug-likeness (QED) is 0.271. The van der Waals surface area contributed by atoms with E-state index in [1.165, 1.54) is 65.9 Å². The summed E-state index contributed by atoms with van der Waals surface area (Å²) in [5.41, 5.74) is 10.2. The maximum Gasteiger partial charge on any atom is 0.0620 e. The fourth-order valence-electron chi connectivity index (χ4n) is 5.33. The summed E-state index contributed by atoms with van der Waals surface area (Å²) in [5, 5.41) is 5.34. The summed E-state index contributed by atoms with van der Waals surface area (Å²) in [7, 11) is 0. The molecule has 0 aliphatic rings. The topological polar surface area (TPSA) is 4.41 Å². The van der Waals surface area contributed by atoms with Crippen LogP contribution >= 0.6 is 0 Å². The van der Waals surface area contributed by atoms with Crippen molar-refractivity contribution < 1.29 is 0 Å². The van der Waals surface area contributed by atoms with E-state index < -0.39 is 0 Å². The molecule has 0 spiro atoms. The van der Waals surface area contributed by atoms with Crippen LogP contribution in [0.15, 0.2) is 109 Å². The Labute approximate surface area is 186 Å². The molecule has 0 aliphatic carbocycles. The van der Waals surface area contributed by atoms with Gasteiger partial charge in [-0.25, -0.2) is 0 Å². The highest BCUT2D eigenvalue weighted by Gasteiger charge is 2.18. The Kier molecular flexibility index (Phi) is 3.54. The van der Waals surface area contributed by atoms with Gasteiger partial charge in [-0.15, -0.1) is 0 Å². The van der Waals surface area contributed by atoms with Crippen LogP contribution in [0, 0.1) is 6.92 Å². The van der Waals surface area contributed by atoms with Crippen molar-refractivity contribution in [2.24, 2.45) is 0 Å². The molecule has 0 aliphatic heterocycles. The van der Waals surface area contributed by atoms with Crippen LogP contribution in [0.2, 0.25) is 0 Å². The zero-order valence-electron chi connectivity index (χ0n) is 17.8. The molecule has 7 aromatic rings. The van der Waals surface area contributed by atoms with Gasteiger partial charge in [0.25, 0.3) is 0 Å². The number of para-hydroxylation sites is 1. The minimum Gasteiger partial charge on any atom is -0.308 e. The lowest BCUT2D eigenvalue weighted by molar-refractivity contribution is 1.37. The van der Waals surface area contributed by atoms with E-state index in [0.717, 1.165) is 0 Å². The van der Waals surface area contributed by atoms with Gasteiger partial charge in [0.1, 0.15) is 0 Å². The number of benzene rings is 5. The van der Waals surface area contributed by atoms with Crippen LogP contribution in [0.25, 0.3) is 60.3 Å². The minimum absolute atomic E-state index is 1.25. The van der Waals surface area contributed by atoms with Gasteiger partial charge in [-0.2, -0.15) is 0 Å². The number of fused-ring (bicyclic) bond motifs is 6. The first-order valence-corrected chi connectivity index (χ1v) is 11.1. The van der Waals surface area contributed by atoms with E-state index in [1.807, 2.05) is 0 Å². The molecular formula is C31H21N. The van der Waals surface area contributed by atoms with E-state index in [1.54, 1.807) is 0 Å². The second-order valence-electron chi connectivity index (χ2n) is 8.74.